The molecule has 0 saturated carbocycles. The number of rotatable bonds is 3. The summed E-state index contributed by atoms with van der Waals surface area (Å²) in [4.78, 5) is 0. The molecule has 1 aliphatic rings. The summed E-state index contributed by atoms with van der Waals surface area (Å²) in [6, 6.07) is 19.4. The van der Waals surface area contributed by atoms with Gasteiger partial charge in [-0.1, -0.05) is 60.7 Å². The molecule has 0 aromatic heterocycles. The molecule has 2 unspecified atom stereocenters. The fourth-order valence-corrected chi connectivity index (χ4v) is 4.56. The van der Waals surface area contributed by atoms with E-state index in [1.807, 2.05) is 60.7 Å². The molecule has 1 aliphatic heterocycles. The van der Waals surface area contributed by atoms with Crippen LogP contribution < -0.4 is 4.72 Å². The van der Waals surface area contributed by atoms with Gasteiger partial charge in [-0.2, -0.15) is 0 Å². The van der Waals surface area contributed by atoms with E-state index in [0.717, 1.165) is 17.5 Å². The van der Waals surface area contributed by atoms with Crippen LogP contribution in [0.1, 0.15) is 22.8 Å². The molecule has 0 spiro atoms. The Morgan fingerprint density at radius 3 is 2.20 bits per heavy atom. The van der Waals surface area contributed by atoms with Gasteiger partial charge in [0.15, 0.2) is 0 Å². The predicted molar refractivity (Wildman–Crippen MR) is 79.8 cm³/mol. The number of hydrogen-bond acceptors (Lipinski definition) is 2. The first-order valence-electron chi connectivity index (χ1n) is 6.75. The smallest absolute Gasteiger partial charge is 0.212 e. The standard InChI is InChI=1S/C16H17NO2S/c18-20(19)16(14-9-5-2-6-10-14)12-15(17-20)11-13-7-3-1-4-8-13/h1-10,15-17H,11-12H2. The first-order valence-corrected chi connectivity index (χ1v) is 8.30. The maximum atomic E-state index is 12.3. The molecule has 2 aromatic rings. The highest BCUT2D eigenvalue weighted by Gasteiger charge is 2.38. The van der Waals surface area contributed by atoms with E-state index < -0.39 is 15.3 Å². The third kappa shape index (κ3) is 2.76. The molecule has 0 amide bonds. The molecule has 1 fully saturated rings. The second kappa shape index (κ2) is 5.38. The zero-order valence-electron chi connectivity index (χ0n) is 11.1. The van der Waals surface area contributed by atoms with Crippen molar-refractivity contribution in [2.24, 2.45) is 0 Å². The Hall–Kier alpha value is -1.65. The molecule has 0 radical (unpaired) electrons. The molecule has 20 heavy (non-hydrogen) atoms. The zero-order valence-corrected chi connectivity index (χ0v) is 11.9. The van der Waals surface area contributed by atoms with Crippen molar-refractivity contribution in [1.29, 1.82) is 0 Å². The minimum absolute atomic E-state index is 0.0207. The molecule has 1 heterocycles. The second-order valence-corrected chi connectivity index (χ2v) is 7.08. The molecule has 0 bridgehead atoms. The van der Waals surface area contributed by atoms with Gasteiger partial charge in [0.25, 0.3) is 0 Å². The lowest BCUT2D eigenvalue weighted by molar-refractivity contribution is 0.579. The topological polar surface area (TPSA) is 46.2 Å². The molecule has 0 aliphatic carbocycles. The van der Waals surface area contributed by atoms with Crippen molar-refractivity contribution >= 4 is 10.0 Å². The second-order valence-electron chi connectivity index (χ2n) is 5.18. The first kappa shape index (κ1) is 13.3. The van der Waals surface area contributed by atoms with Crippen LogP contribution in [-0.4, -0.2) is 14.5 Å². The number of nitrogens with one attached hydrogen (secondary N) is 1. The van der Waals surface area contributed by atoms with E-state index in [1.54, 1.807) is 0 Å². The molecular weight excluding hydrogens is 270 g/mol. The van der Waals surface area contributed by atoms with Crippen LogP contribution in [0, 0.1) is 0 Å². The maximum absolute atomic E-state index is 12.3. The minimum Gasteiger partial charge on any atom is -0.212 e. The maximum Gasteiger partial charge on any atom is 0.218 e. The quantitative estimate of drug-likeness (QED) is 0.943. The summed E-state index contributed by atoms with van der Waals surface area (Å²) in [6.07, 6.45) is 1.37. The molecule has 104 valence electrons. The van der Waals surface area contributed by atoms with Crippen molar-refractivity contribution in [3.8, 4) is 0 Å². The van der Waals surface area contributed by atoms with Crippen molar-refractivity contribution < 1.29 is 8.42 Å². The summed E-state index contributed by atoms with van der Waals surface area (Å²) in [6.45, 7) is 0. The van der Waals surface area contributed by atoms with Gasteiger partial charge in [0.2, 0.25) is 10.0 Å². The van der Waals surface area contributed by atoms with Crippen molar-refractivity contribution in [3.63, 3.8) is 0 Å². The highest BCUT2D eigenvalue weighted by Crippen LogP contribution is 2.33. The summed E-state index contributed by atoms with van der Waals surface area (Å²) in [5.74, 6) is 0. The van der Waals surface area contributed by atoms with Gasteiger partial charge in [-0.25, -0.2) is 13.1 Å². The van der Waals surface area contributed by atoms with Crippen LogP contribution in [0.5, 0.6) is 0 Å². The van der Waals surface area contributed by atoms with Gasteiger partial charge < -0.3 is 0 Å². The van der Waals surface area contributed by atoms with Crippen LogP contribution >= 0.6 is 0 Å². The van der Waals surface area contributed by atoms with E-state index in [0.29, 0.717) is 6.42 Å². The van der Waals surface area contributed by atoms with E-state index in [-0.39, 0.29) is 6.04 Å². The summed E-state index contributed by atoms with van der Waals surface area (Å²) in [5.41, 5.74) is 2.03. The summed E-state index contributed by atoms with van der Waals surface area (Å²) in [7, 11) is -3.26. The Balaban J connectivity index is 1.79. The van der Waals surface area contributed by atoms with Crippen molar-refractivity contribution in [3.05, 3.63) is 71.8 Å². The van der Waals surface area contributed by atoms with Crippen molar-refractivity contribution in [1.82, 2.24) is 4.72 Å². The van der Waals surface area contributed by atoms with E-state index in [9.17, 15) is 8.42 Å². The predicted octanol–water partition coefficient (Wildman–Crippen LogP) is 2.66. The van der Waals surface area contributed by atoms with Gasteiger partial charge in [-0.15, -0.1) is 0 Å². The van der Waals surface area contributed by atoms with Crippen LogP contribution in [0.25, 0.3) is 0 Å². The largest absolute Gasteiger partial charge is 0.218 e. The molecule has 2 aromatic carbocycles. The van der Waals surface area contributed by atoms with Crippen LogP contribution in [0.2, 0.25) is 0 Å². The molecule has 4 heteroatoms. The van der Waals surface area contributed by atoms with Crippen LogP contribution in [0.4, 0.5) is 0 Å². The Labute approximate surface area is 119 Å². The third-order valence-electron chi connectivity index (χ3n) is 3.70. The Morgan fingerprint density at radius 1 is 0.950 bits per heavy atom. The Kier molecular flexibility index (Phi) is 3.59. The molecule has 2 atom stereocenters. The normalized spacial score (nSPS) is 24.6. The fraction of sp³-hybridized carbons (Fsp3) is 0.250. The zero-order chi connectivity index (χ0) is 14.0. The van der Waals surface area contributed by atoms with Gasteiger partial charge in [-0.05, 0) is 24.0 Å². The lowest BCUT2D eigenvalue weighted by atomic mass is 10.00. The average molecular weight is 287 g/mol. The van der Waals surface area contributed by atoms with E-state index in [2.05, 4.69) is 4.72 Å². The molecule has 1 N–H and O–H groups in total. The molecule has 3 rings (SSSR count). The van der Waals surface area contributed by atoms with Crippen LogP contribution in [0.3, 0.4) is 0 Å². The summed E-state index contributed by atoms with van der Waals surface area (Å²) in [5, 5.41) is -0.433. The van der Waals surface area contributed by atoms with Gasteiger partial charge in [0, 0.05) is 6.04 Å². The van der Waals surface area contributed by atoms with E-state index >= 15 is 0 Å². The van der Waals surface area contributed by atoms with Gasteiger partial charge in [0.1, 0.15) is 5.25 Å². The van der Waals surface area contributed by atoms with Crippen molar-refractivity contribution in [2.75, 3.05) is 0 Å². The summed E-state index contributed by atoms with van der Waals surface area (Å²) >= 11 is 0. The molecular formula is C16H17NO2S. The van der Waals surface area contributed by atoms with E-state index in [1.165, 1.54) is 0 Å². The van der Waals surface area contributed by atoms with Gasteiger partial charge >= 0.3 is 0 Å². The Morgan fingerprint density at radius 2 is 1.55 bits per heavy atom. The average Bonchev–Trinajstić information content (AvgIpc) is 2.75. The minimum atomic E-state index is -3.26. The lowest BCUT2D eigenvalue weighted by Crippen LogP contribution is -2.27. The van der Waals surface area contributed by atoms with E-state index in [4.69, 9.17) is 0 Å². The monoisotopic (exact) mass is 287 g/mol. The van der Waals surface area contributed by atoms with Crippen LogP contribution in [-0.2, 0) is 16.4 Å². The molecule has 1 saturated heterocycles. The van der Waals surface area contributed by atoms with Gasteiger partial charge in [-0.3, -0.25) is 0 Å². The highest BCUT2D eigenvalue weighted by molar-refractivity contribution is 7.90. The van der Waals surface area contributed by atoms with Crippen molar-refractivity contribution in [2.45, 2.75) is 24.1 Å². The lowest BCUT2D eigenvalue weighted by Gasteiger charge is -2.08. The van der Waals surface area contributed by atoms with Crippen LogP contribution in [0.15, 0.2) is 60.7 Å². The third-order valence-corrected chi connectivity index (χ3v) is 5.58. The fourth-order valence-electron chi connectivity index (χ4n) is 2.75. The Bertz CT molecular complexity index is 668. The summed E-state index contributed by atoms with van der Waals surface area (Å²) < 4.78 is 27.3. The van der Waals surface area contributed by atoms with Gasteiger partial charge in [0.05, 0.1) is 0 Å². The highest BCUT2D eigenvalue weighted by atomic mass is 32.2. The SMILES string of the molecule is O=S1(=O)NC(Cc2ccccc2)CC1c1ccccc1. The number of hydrogen-bond donors (Lipinski definition) is 1. The molecule has 3 nitrogen and oxygen atoms in total. The number of benzene rings is 2. The first-order chi connectivity index (χ1) is 9.65. The number of sulfonamides is 1.